The number of piperazine rings is 1. The van der Waals surface area contributed by atoms with E-state index in [9.17, 15) is 0 Å². The number of fused-ring (bicyclic) bond motifs is 1. The minimum atomic E-state index is 1.06. The first-order chi connectivity index (χ1) is 9.26. The minimum absolute atomic E-state index is 1.06. The Morgan fingerprint density at radius 1 is 1.11 bits per heavy atom. The third kappa shape index (κ3) is 2.47. The zero-order valence-corrected chi connectivity index (χ0v) is 11.3. The summed E-state index contributed by atoms with van der Waals surface area (Å²) in [5.41, 5.74) is 2.20. The Balaban J connectivity index is 1.91. The molecule has 0 bridgehead atoms. The molecule has 1 saturated heterocycles. The largest absolute Gasteiger partial charge is 0.354 e. The van der Waals surface area contributed by atoms with Crippen molar-refractivity contribution in [3.63, 3.8) is 0 Å². The SMILES string of the molecule is C=Cc1ccc2nc(N3CCN(C)CC3)ccc2c1. The Labute approximate surface area is 114 Å². The van der Waals surface area contributed by atoms with Crippen LogP contribution < -0.4 is 4.90 Å². The van der Waals surface area contributed by atoms with E-state index in [2.05, 4.69) is 53.8 Å². The Morgan fingerprint density at radius 2 is 1.89 bits per heavy atom. The highest BCUT2D eigenvalue weighted by Crippen LogP contribution is 2.20. The summed E-state index contributed by atoms with van der Waals surface area (Å²) >= 11 is 0. The van der Waals surface area contributed by atoms with Gasteiger partial charge in [-0.05, 0) is 36.9 Å². The van der Waals surface area contributed by atoms with Crippen LogP contribution in [-0.2, 0) is 0 Å². The molecule has 2 heterocycles. The molecule has 1 aromatic carbocycles. The highest BCUT2D eigenvalue weighted by molar-refractivity contribution is 5.82. The second-order valence-corrected chi connectivity index (χ2v) is 5.12. The number of benzene rings is 1. The molecule has 0 aliphatic carbocycles. The number of likely N-dealkylation sites (N-methyl/N-ethyl adjacent to an activating group) is 1. The molecule has 2 aromatic rings. The fraction of sp³-hybridized carbons (Fsp3) is 0.312. The maximum absolute atomic E-state index is 4.77. The average molecular weight is 253 g/mol. The molecule has 1 aliphatic heterocycles. The molecule has 0 spiro atoms. The van der Waals surface area contributed by atoms with Gasteiger partial charge in [0.1, 0.15) is 5.82 Å². The monoisotopic (exact) mass is 253 g/mol. The summed E-state index contributed by atoms with van der Waals surface area (Å²) in [6.07, 6.45) is 1.87. The van der Waals surface area contributed by atoms with Gasteiger partial charge < -0.3 is 9.80 Å². The summed E-state index contributed by atoms with van der Waals surface area (Å²) in [6.45, 7) is 8.13. The second-order valence-electron chi connectivity index (χ2n) is 5.12. The molecule has 1 aromatic heterocycles. The molecular formula is C16H19N3. The summed E-state index contributed by atoms with van der Waals surface area (Å²) in [6, 6.07) is 10.6. The lowest BCUT2D eigenvalue weighted by Crippen LogP contribution is -2.44. The minimum Gasteiger partial charge on any atom is -0.354 e. The van der Waals surface area contributed by atoms with Crippen molar-refractivity contribution >= 4 is 22.8 Å². The predicted octanol–water partition coefficient (Wildman–Crippen LogP) is 2.63. The molecule has 0 unspecified atom stereocenters. The molecule has 0 N–H and O–H groups in total. The van der Waals surface area contributed by atoms with Crippen molar-refractivity contribution in [2.45, 2.75) is 0 Å². The quantitative estimate of drug-likeness (QED) is 0.820. The van der Waals surface area contributed by atoms with E-state index in [1.54, 1.807) is 0 Å². The summed E-state index contributed by atoms with van der Waals surface area (Å²) < 4.78 is 0. The van der Waals surface area contributed by atoms with Gasteiger partial charge in [-0.25, -0.2) is 4.98 Å². The first-order valence-corrected chi connectivity index (χ1v) is 6.73. The summed E-state index contributed by atoms with van der Waals surface area (Å²) in [5.74, 6) is 1.09. The van der Waals surface area contributed by atoms with Crippen LogP contribution in [0.1, 0.15) is 5.56 Å². The zero-order valence-electron chi connectivity index (χ0n) is 11.3. The van der Waals surface area contributed by atoms with Crippen molar-refractivity contribution < 1.29 is 0 Å². The van der Waals surface area contributed by atoms with E-state index < -0.39 is 0 Å². The molecule has 19 heavy (non-hydrogen) atoms. The summed E-state index contributed by atoms with van der Waals surface area (Å²) in [5, 5.41) is 1.18. The van der Waals surface area contributed by atoms with Crippen LogP contribution in [0.3, 0.4) is 0 Å². The molecular weight excluding hydrogens is 234 g/mol. The lowest BCUT2D eigenvalue weighted by Gasteiger charge is -2.33. The van der Waals surface area contributed by atoms with Crippen LogP contribution >= 0.6 is 0 Å². The van der Waals surface area contributed by atoms with Crippen molar-refractivity contribution in [1.29, 1.82) is 0 Å². The van der Waals surface area contributed by atoms with E-state index in [1.807, 2.05) is 6.08 Å². The Kier molecular flexibility index (Phi) is 3.22. The van der Waals surface area contributed by atoms with E-state index in [0.717, 1.165) is 43.1 Å². The summed E-state index contributed by atoms with van der Waals surface area (Å²) in [4.78, 5) is 9.49. The predicted molar refractivity (Wildman–Crippen MR) is 81.5 cm³/mol. The van der Waals surface area contributed by atoms with Gasteiger partial charge in [0.05, 0.1) is 5.52 Å². The number of hydrogen-bond acceptors (Lipinski definition) is 3. The maximum Gasteiger partial charge on any atom is 0.129 e. The van der Waals surface area contributed by atoms with E-state index in [0.29, 0.717) is 0 Å². The van der Waals surface area contributed by atoms with Crippen LogP contribution in [0, 0.1) is 0 Å². The molecule has 0 radical (unpaired) electrons. The van der Waals surface area contributed by atoms with Gasteiger partial charge in [0, 0.05) is 31.6 Å². The van der Waals surface area contributed by atoms with Gasteiger partial charge in [0.2, 0.25) is 0 Å². The third-order valence-electron chi connectivity index (χ3n) is 3.76. The molecule has 3 heteroatoms. The summed E-state index contributed by atoms with van der Waals surface area (Å²) in [7, 11) is 2.17. The van der Waals surface area contributed by atoms with Crippen molar-refractivity contribution in [3.8, 4) is 0 Å². The lowest BCUT2D eigenvalue weighted by atomic mass is 10.1. The molecule has 0 atom stereocenters. The van der Waals surface area contributed by atoms with E-state index in [4.69, 9.17) is 4.98 Å². The van der Waals surface area contributed by atoms with Crippen molar-refractivity contribution in [2.24, 2.45) is 0 Å². The van der Waals surface area contributed by atoms with Crippen LogP contribution in [0.15, 0.2) is 36.9 Å². The van der Waals surface area contributed by atoms with Gasteiger partial charge in [0.25, 0.3) is 0 Å². The van der Waals surface area contributed by atoms with E-state index in [-0.39, 0.29) is 0 Å². The van der Waals surface area contributed by atoms with Crippen LogP contribution in [0.4, 0.5) is 5.82 Å². The number of hydrogen-bond donors (Lipinski definition) is 0. The molecule has 3 rings (SSSR count). The van der Waals surface area contributed by atoms with Gasteiger partial charge in [0.15, 0.2) is 0 Å². The van der Waals surface area contributed by atoms with E-state index >= 15 is 0 Å². The highest BCUT2D eigenvalue weighted by atomic mass is 15.3. The highest BCUT2D eigenvalue weighted by Gasteiger charge is 2.15. The van der Waals surface area contributed by atoms with E-state index in [1.165, 1.54) is 5.39 Å². The van der Waals surface area contributed by atoms with Crippen molar-refractivity contribution in [1.82, 2.24) is 9.88 Å². The number of pyridine rings is 1. The van der Waals surface area contributed by atoms with Crippen LogP contribution in [-0.4, -0.2) is 43.1 Å². The van der Waals surface area contributed by atoms with Crippen LogP contribution in [0.25, 0.3) is 17.0 Å². The fourth-order valence-corrected chi connectivity index (χ4v) is 2.47. The van der Waals surface area contributed by atoms with Crippen molar-refractivity contribution in [2.75, 3.05) is 38.1 Å². The number of rotatable bonds is 2. The van der Waals surface area contributed by atoms with Gasteiger partial charge in [-0.3, -0.25) is 0 Å². The second kappa shape index (κ2) is 5.02. The van der Waals surface area contributed by atoms with Gasteiger partial charge in [-0.2, -0.15) is 0 Å². The molecule has 0 amide bonds. The lowest BCUT2D eigenvalue weighted by molar-refractivity contribution is 0.312. The Morgan fingerprint density at radius 3 is 2.63 bits per heavy atom. The topological polar surface area (TPSA) is 19.4 Å². The third-order valence-corrected chi connectivity index (χ3v) is 3.76. The standard InChI is InChI=1S/C16H19N3/c1-3-13-4-6-15-14(12-13)5-7-16(17-15)19-10-8-18(2)9-11-19/h3-7,12H,1,8-11H2,2H3. The van der Waals surface area contributed by atoms with Crippen LogP contribution in [0.2, 0.25) is 0 Å². The number of anilines is 1. The van der Waals surface area contributed by atoms with Crippen molar-refractivity contribution in [3.05, 3.63) is 42.5 Å². The molecule has 3 nitrogen and oxygen atoms in total. The Bertz CT molecular complexity index is 598. The van der Waals surface area contributed by atoms with Gasteiger partial charge in [-0.1, -0.05) is 18.7 Å². The van der Waals surface area contributed by atoms with Gasteiger partial charge >= 0.3 is 0 Å². The molecule has 1 fully saturated rings. The smallest absolute Gasteiger partial charge is 0.129 e. The first kappa shape index (κ1) is 12.2. The molecule has 98 valence electrons. The van der Waals surface area contributed by atoms with Gasteiger partial charge in [-0.15, -0.1) is 0 Å². The Hall–Kier alpha value is -1.87. The molecule has 0 saturated carbocycles. The number of nitrogens with zero attached hydrogens (tertiary/aromatic N) is 3. The van der Waals surface area contributed by atoms with Crippen LogP contribution in [0.5, 0.6) is 0 Å². The first-order valence-electron chi connectivity index (χ1n) is 6.73. The maximum atomic E-state index is 4.77. The molecule has 1 aliphatic rings. The zero-order chi connectivity index (χ0) is 13.2. The average Bonchev–Trinajstić information content (AvgIpc) is 2.47. The number of aromatic nitrogens is 1. The normalized spacial score (nSPS) is 16.8. The fourth-order valence-electron chi connectivity index (χ4n) is 2.47.